The molecule has 0 saturated carbocycles. The van der Waals surface area contributed by atoms with Crippen molar-refractivity contribution < 1.29 is 0 Å². The summed E-state index contributed by atoms with van der Waals surface area (Å²) >= 11 is 3.53. The number of para-hydroxylation sites is 1. The average molecular weight is 350 g/mol. The van der Waals surface area contributed by atoms with Crippen molar-refractivity contribution in [2.24, 2.45) is 0 Å². The highest BCUT2D eigenvalue weighted by molar-refractivity contribution is 9.10. The van der Waals surface area contributed by atoms with E-state index in [-0.39, 0.29) is 0 Å². The molecule has 106 valence electrons. The summed E-state index contributed by atoms with van der Waals surface area (Å²) in [6, 6.07) is 20.4. The molecule has 2 aromatic carbocycles. The lowest BCUT2D eigenvalue weighted by Gasteiger charge is -2.01. The number of benzene rings is 2. The van der Waals surface area contributed by atoms with Crippen LogP contribution in [0.3, 0.4) is 0 Å². The highest BCUT2D eigenvalue weighted by Gasteiger charge is 2.13. The molecule has 0 atom stereocenters. The van der Waals surface area contributed by atoms with Crippen LogP contribution in [0.2, 0.25) is 0 Å². The number of pyridine rings is 1. The van der Waals surface area contributed by atoms with E-state index < -0.39 is 0 Å². The van der Waals surface area contributed by atoms with Gasteiger partial charge in [-0.05, 0) is 30.3 Å². The second-order valence-corrected chi connectivity index (χ2v) is 5.91. The molecule has 0 radical (unpaired) electrons. The summed E-state index contributed by atoms with van der Waals surface area (Å²) in [5.41, 5.74) is 4.17. The van der Waals surface area contributed by atoms with Crippen molar-refractivity contribution in [1.82, 2.24) is 14.8 Å². The highest BCUT2D eigenvalue weighted by Crippen LogP contribution is 2.30. The molecule has 0 aliphatic heterocycles. The normalized spacial score (nSPS) is 11.0. The van der Waals surface area contributed by atoms with Crippen LogP contribution in [0.1, 0.15) is 0 Å². The lowest BCUT2D eigenvalue weighted by molar-refractivity contribution is 0.911. The molecule has 0 amide bonds. The molecule has 4 heteroatoms. The SMILES string of the molecule is Brc1cccc(-c2nn(-c3ccncc3)c3ccccc23)c1. The number of hydrogen-bond donors (Lipinski definition) is 0. The van der Waals surface area contributed by atoms with Crippen LogP contribution in [0.25, 0.3) is 27.8 Å². The minimum absolute atomic E-state index is 0.980. The van der Waals surface area contributed by atoms with Crippen molar-refractivity contribution in [2.75, 3.05) is 0 Å². The van der Waals surface area contributed by atoms with Crippen LogP contribution >= 0.6 is 15.9 Å². The first-order valence-electron chi connectivity index (χ1n) is 6.97. The van der Waals surface area contributed by atoms with Gasteiger partial charge in [0.2, 0.25) is 0 Å². The quantitative estimate of drug-likeness (QED) is 0.517. The van der Waals surface area contributed by atoms with Gasteiger partial charge in [0.05, 0.1) is 11.2 Å². The predicted octanol–water partition coefficient (Wildman–Crippen LogP) is 4.85. The molecule has 22 heavy (non-hydrogen) atoms. The van der Waals surface area contributed by atoms with Crippen molar-refractivity contribution in [3.8, 4) is 16.9 Å². The molecule has 0 fully saturated rings. The standard InChI is InChI=1S/C18H12BrN3/c19-14-5-3-4-13(12-14)18-16-6-1-2-7-17(16)22(21-18)15-8-10-20-11-9-15/h1-12H. The molecule has 2 aromatic heterocycles. The van der Waals surface area contributed by atoms with E-state index in [1.54, 1.807) is 12.4 Å². The molecule has 0 unspecified atom stereocenters. The summed E-state index contributed by atoms with van der Waals surface area (Å²) in [4.78, 5) is 4.08. The fourth-order valence-corrected chi connectivity index (χ4v) is 3.00. The summed E-state index contributed by atoms with van der Waals surface area (Å²) in [5, 5.41) is 5.98. The molecule has 0 bridgehead atoms. The zero-order valence-corrected chi connectivity index (χ0v) is 13.2. The van der Waals surface area contributed by atoms with Crippen LogP contribution in [0.4, 0.5) is 0 Å². The number of hydrogen-bond acceptors (Lipinski definition) is 2. The summed E-state index contributed by atoms with van der Waals surface area (Å²) in [6.07, 6.45) is 3.56. The summed E-state index contributed by atoms with van der Waals surface area (Å²) < 4.78 is 3.01. The van der Waals surface area contributed by atoms with Crippen molar-refractivity contribution in [1.29, 1.82) is 0 Å². The van der Waals surface area contributed by atoms with E-state index in [4.69, 9.17) is 5.10 Å². The largest absolute Gasteiger partial charge is 0.265 e. The van der Waals surface area contributed by atoms with Crippen molar-refractivity contribution >= 4 is 26.8 Å². The second kappa shape index (κ2) is 5.39. The molecule has 2 heterocycles. The maximum Gasteiger partial charge on any atom is 0.101 e. The first-order valence-corrected chi connectivity index (χ1v) is 7.76. The Bertz CT molecular complexity index is 945. The van der Waals surface area contributed by atoms with Gasteiger partial charge in [-0.25, -0.2) is 4.68 Å². The highest BCUT2D eigenvalue weighted by atomic mass is 79.9. The number of nitrogens with zero attached hydrogens (tertiary/aromatic N) is 3. The molecular weight excluding hydrogens is 338 g/mol. The van der Waals surface area contributed by atoms with Crippen LogP contribution in [0.15, 0.2) is 77.5 Å². The molecule has 0 aliphatic carbocycles. The van der Waals surface area contributed by atoms with Crippen LogP contribution in [-0.4, -0.2) is 14.8 Å². The second-order valence-electron chi connectivity index (χ2n) is 4.99. The lowest BCUT2D eigenvalue weighted by Crippen LogP contribution is -1.96. The monoisotopic (exact) mass is 349 g/mol. The Hall–Kier alpha value is -2.46. The Morgan fingerprint density at radius 1 is 0.864 bits per heavy atom. The number of fused-ring (bicyclic) bond motifs is 1. The third-order valence-corrected chi connectivity index (χ3v) is 4.09. The third kappa shape index (κ3) is 2.22. The molecule has 0 aliphatic rings. The summed E-state index contributed by atoms with van der Waals surface area (Å²) in [7, 11) is 0. The summed E-state index contributed by atoms with van der Waals surface area (Å²) in [6.45, 7) is 0. The maximum atomic E-state index is 4.84. The van der Waals surface area contributed by atoms with E-state index in [1.165, 1.54) is 0 Å². The van der Waals surface area contributed by atoms with Crippen LogP contribution in [0, 0.1) is 0 Å². The topological polar surface area (TPSA) is 30.7 Å². The van der Waals surface area contributed by atoms with Crippen LogP contribution in [-0.2, 0) is 0 Å². The Morgan fingerprint density at radius 3 is 2.50 bits per heavy atom. The fourth-order valence-electron chi connectivity index (χ4n) is 2.60. The van der Waals surface area contributed by atoms with Crippen molar-refractivity contribution in [3.63, 3.8) is 0 Å². The fraction of sp³-hybridized carbons (Fsp3) is 0. The maximum absolute atomic E-state index is 4.84. The first-order chi connectivity index (χ1) is 10.8. The first kappa shape index (κ1) is 13.2. The minimum Gasteiger partial charge on any atom is -0.265 e. The minimum atomic E-state index is 0.980. The molecule has 0 saturated heterocycles. The van der Waals surface area contributed by atoms with Crippen molar-refractivity contribution in [2.45, 2.75) is 0 Å². The zero-order chi connectivity index (χ0) is 14.9. The summed E-state index contributed by atoms with van der Waals surface area (Å²) in [5.74, 6) is 0. The Balaban J connectivity index is 2.01. The number of aromatic nitrogens is 3. The predicted molar refractivity (Wildman–Crippen MR) is 92.0 cm³/mol. The van der Waals surface area contributed by atoms with Crippen molar-refractivity contribution in [3.05, 3.63) is 77.5 Å². The lowest BCUT2D eigenvalue weighted by atomic mass is 10.1. The van der Waals surface area contributed by atoms with Crippen LogP contribution < -0.4 is 0 Å². The van der Waals surface area contributed by atoms with Gasteiger partial charge >= 0.3 is 0 Å². The van der Waals surface area contributed by atoms with Gasteiger partial charge in [0, 0.05) is 27.8 Å². The molecule has 0 N–H and O–H groups in total. The average Bonchev–Trinajstić information content (AvgIpc) is 2.95. The van der Waals surface area contributed by atoms with Gasteiger partial charge in [-0.1, -0.05) is 46.3 Å². The molecular formula is C18H12BrN3. The van der Waals surface area contributed by atoms with Gasteiger partial charge in [-0.2, -0.15) is 5.10 Å². The third-order valence-electron chi connectivity index (χ3n) is 3.59. The zero-order valence-electron chi connectivity index (χ0n) is 11.6. The van der Waals surface area contributed by atoms with E-state index in [1.807, 2.05) is 41.1 Å². The molecule has 4 rings (SSSR count). The van der Waals surface area contributed by atoms with Gasteiger partial charge in [-0.15, -0.1) is 0 Å². The Morgan fingerprint density at radius 2 is 1.68 bits per heavy atom. The van der Waals surface area contributed by atoms with Gasteiger partial charge in [0.1, 0.15) is 5.69 Å². The Kier molecular flexibility index (Phi) is 3.24. The molecule has 4 aromatic rings. The molecule has 3 nitrogen and oxygen atoms in total. The van der Waals surface area contributed by atoms with E-state index in [2.05, 4.69) is 45.2 Å². The molecule has 0 spiro atoms. The Labute approximate surface area is 136 Å². The van der Waals surface area contributed by atoms with Crippen LogP contribution in [0.5, 0.6) is 0 Å². The smallest absolute Gasteiger partial charge is 0.101 e. The van der Waals surface area contributed by atoms with Gasteiger partial charge in [0.25, 0.3) is 0 Å². The van der Waals surface area contributed by atoms with E-state index >= 15 is 0 Å². The van der Waals surface area contributed by atoms with E-state index in [0.717, 1.165) is 32.3 Å². The van der Waals surface area contributed by atoms with E-state index in [9.17, 15) is 0 Å². The van der Waals surface area contributed by atoms with Gasteiger partial charge in [0.15, 0.2) is 0 Å². The van der Waals surface area contributed by atoms with Gasteiger partial charge < -0.3 is 0 Å². The number of rotatable bonds is 2. The van der Waals surface area contributed by atoms with E-state index in [0.29, 0.717) is 0 Å². The van der Waals surface area contributed by atoms with Gasteiger partial charge in [-0.3, -0.25) is 4.98 Å². The number of halogens is 1.